The number of nitrogens with one attached hydrogen (secondary N) is 1. The summed E-state index contributed by atoms with van der Waals surface area (Å²) in [6.07, 6.45) is 0. The molecule has 1 nitrogen and oxygen atoms in total. The number of rotatable bonds is 4. The van der Waals surface area contributed by atoms with Crippen molar-refractivity contribution in [1.29, 1.82) is 0 Å². The van der Waals surface area contributed by atoms with Crippen molar-refractivity contribution in [2.45, 2.75) is 19.9 Å². The molecule has 3 heteroatoms. The molecule has 1 aromatic heterocycles. The van der Waals surface area contributed by atoms with E-state index in [0.29, 0.717) is 5.56 Å². The molecule has 0 aliphatic carbocycles. The Hall–Kier alpha value is -1.71. The molecule has 1 N–H and O–H groups in total. The van der Waals surface area contributed by atoms with Gasteiger partial charge >= 0.3 is 0 Å². The van der Waals surface area contributed by atoms with E-state index >= 15 is 0 Å². The number of benzene rings is 2. The van der Waals surface area contributed by atoms with Crippen LogP contribution in [0.2, 0.25) is 0 Å². The van der Waals surface area contributed by atoms with Gasteiger partial charge in [0.25, 0.3) is 0 Å². The molecule has 3 aromatic rings. The maximum absolute atomic E-state index is 13.9. The highest BCUT2D eigenvalue weighted by Gasteiger charge is 2.16. The minimum absolute atomic E-state index is 0.0440. The van der Waals surface area contributed by atoms with Gasteiger partial charge in [0.15, 0.2) is 0 Å². The lowest BCUT2D eigenvalue weighted by Crippen LogP contribution is -2.21. The van der Waals surface area contributed by atoms with Crippen molar-refractivity contribution in [1.82, 2.24) is 5.32 Å². The van der Waals surface area contributed by atoms with Crippen molar-refractivity contribution in [2.24, 2.45) is 0 Å². The summed E-state index contributed by atoms with van der Waals surface area (Å²) in [6.45, 7) is 4.71. The zero-order valence-electron chi connectivity index (χ0n) is 12.2. The fraction of sp³-hybridized carbons (Fsp3) is 0.222. The fourth-order valence-electron chi connectivity index (χ4n) is 2.52. The average Bonchev–Trinajstić information content (AvgIpc) is 2.91. The Bertz CT molecular complexity index is 730. The molecule has 0 radical (unpaired) electrons. The number of fused-ring (bicyclic) bond motifs is 1. The van der Waals surface area contributed by atoms with Gasteiger partial charge in [-0.15, -0.1) is 11.3 Å². The second kappa shape index (κ2) is 5.96. The summed E-state index contributed by atoms with van der Waals surface area (Å²) in [5, 5.41) is 4.71. The first-order valence-corrected chi connectivity index (χ1v) is 7.98. The van der Waals surface area contributed by atoms with Gasteiger partial charge in [0.2, 0.25) is 0 Å². The maximum atomic E-state index is 13.9. The van der Waals surface area contributed by atoms with Gasteiger partial charge in [-0.25, -0.2) is 4.39 Å². The van der Waals surface area contributed by atoms with Crippen molar-refractivity contribution in [3.63, 3.8) is 0 Å². The molecule has 0 saturated carbocycles. The lowest BCUT2D eigenvalue weighted by molar-refractivity contribution is 0.600. The van der Waals surface area contributed by atoms with Crippen molar-refractivity contribution < 1.29 is 4.39 Å². The molecule has 3 rings (SSSR count). The highest BCUT2D eigenvalue weighted by molar-refractivity contribution is 7.19. The van der Waals surface area contributed by atoms with Crippen LogP contribution in [0.4, 0.5) is 4.39 Å². The molecule has 1 unspecified atom stereocenters. The standard InChI is InChI=1S/C18H18FNS/c1-3-20-18(14-9-8-12(2)15(19)10-14)17-11-13-6-4-5-7-16(13)21-17/h4-11,18,20H,3H2,1-2H3. The van der Waals surface area contributed by atoms with Crippen LogP contribution in [-0.2, 0) is 0 Å². The first-order valence-electron chi connectivity index (χ1n) is 7.17. The molecule has 1 heterocycles. The summed E-state index contributed by atoms with van der Waals surface area (Å²) in [6, 6.07) is 16.1. The second-order valence-corrected chi connectivity index (χ2v) is 6.30. The van der Waals surface area contributed by atoms with Crippen molar-refractivity contribution in [3.05, 3.63) is 70.4 Å². The third-order valence-corrected chi connectivity index (χ3v) is 4.85. The smallest absolute Gasteiger partial charge is 0.126 e. The highest BCUT2D eigenvalue weighted by atomic mass is 32.1. The number of thiophene rings is 1. The minimum atomic E-state index is -0.142. The Morgan fingerprint density at radius 2 is 1.95 bits per heavy atom. The predicted molar refractivity (Wildman–Crippen MR) is 88.5 cm³/mol. The highest BCUT2D eigenvalue weighted by Crippen LogP contribution is 2.33. The Kier molecular flexibility index (Phi) is 4.04. The lowest BCUT2D eigenvalue weighted by Gasteiger charge is -2.17. The summed E-state index contributed by atoms with van der Waals surface area (Å²) in [5.74, 6) is -0.142. The summed E-state index contributed by atoms with van der Waals surface area (Å²) in [7, 11) is 0. The predicted octanol–water partition coefficient (Wildman–Crippen LogP) is 5.05. The van der Waals surface area contributed by atoms with Crippen LogP contribution < -0.4 is 5.32 Å². The van der Waals surface area contributed by atoms with Gasteiger partial charge in [0.05, 0.1) is 6.04 Å². The van der Waals surface area contributed by atoms with Crippen molar-refractivity contribution in [2.75, 3.05) is 6.54 Å². The van der Waals surface area contributed by atoms with E-state index < -0.39 is 0 Å². The van der Waals surface area contributed by atoms with E-state index in [1.54, 1.807) is 24.3 Å². The Morgan fingerprint density at radius 1 is 1.14 bits per heavy atom. The molecular formula is C18H18FNS. The molecule has 0 aliphatic rings. The molecule has 0 amide bonds. The molecule has 1 atom stereocenters. The molecule has 0 saturated heterocycles. The molecular weight excluding hydrogens is 281 g/mol. The van der Waals surface area contributed by atoms with Gasteiger partial charge in [-0.2, -0.15) is 0 Å². The van der Waals surface area contributed by atoms with E-state index in [-0.39, 0.29) is 11.9 Å². The number of hydrogen-bond donors (Lipinski definition) is 1. The number of halogens is 1. The van der Waals surface area contributed by atoms with E-state index in [2.05, 4.69) is 36.5 Å². The summed E-state index contributed by atoms with van der Waals surface area (Å²) < 4.78 is 15.1. The maximum Gasteiger partial charge on any atom is 0.126 e. The minimum Gasteiger partial charge on any atom is -0.306 e. The van der Waals surface area contributed by atoms with Crippen LogP contribution >= 0.6 is 11.3 Å². The van der Waals surface area contributed by atoms with Gasteiger partial charge in [0.1, 0.15) is 5.82 Å². The van der Waals surface area contributed by atoms with Crippen LogP contribution in [0, 0.1) is 12.7 Å². The molecule has 0 fully saturated rings. The van der Waals surface area contributed by atoms with E-state index in [4.69, 9.17) is 0 Å². The summed E-state index contributed by atoms with van der Waals surface area (Å²) in [4.78, 5) is 1.22. The Morgan fingerprint density at radius 3 is 2.67 bits per heavy atom. The summed E-state index contributed by atoms with van der Waals surface area (Å²) >= 11 is 1.77. The molecule has 108 valence electrons. The summed E-state index contributed by atoms with van der Waals surface area (Å²) in [5.41, 5.74) is 1.66. The monoisotopic (exact) mass is 299 g/mol. The Balaban J connectivity index is 2.05. The average molecular weight is 299 g/mol. The van der Waals surface area contributed by atoms with E-state index in [1.165, 1.54) is 15.0 Å². The number of aryl methyl sites for hydroxylation is 1. The van der Waals surface area contributed by atoms with Crippen LogP contribution in [0.5, 0.6) is 0 Å². The quantitative estimate of drug-likeness (QED) is 0.711. The Labute approximate surface area is 128 Å². The van der Waals surface area contributed by atoms with Gasteiger partial charge < -0.3 is 5.32 Å². The molecule has 2 aromatic carbocycles. The van der Waals surface area contributed by atoms with Gasteiger partial charge in [-0.1, -0.05) is 37.3 Å². The largest absolute Gasteiger partial charge is 0.306 e. The van der Waals surface area contributed by atoms with E-state index in [1.807, 2.05) is 18.2 Å². The normalized spacial score (nSPS) is 12.7. The fourth-order valence-corrected chi connectivity index (χ4v) is 3.69. The molecule has 0 spiro atoms. The van der Waals surface area contributed by atoms with Crippen LogP contribution in [0.3, 0.4) is 0 Å². The molecule has 21 heavy (non-hydrogen) atoms. The van der Waals surface area contributed by atoms with Crippen LogP contribution in [0.15, 0.2) is 48.5 Å². The first-order chi connectivity index (χ1) is 10.2. The molecule has 0 aliphatic heterocycles. The van der Waals surface area contributed by atoms with Gasteiger partial charge in [-0.05, 0) is 48.2 Å². The third-order valence-electron chi connectivity index (χ3n) is 3.67. The van der Waals surface area contributed by atoms with E-state index in [9.17, 15) is 4.39 Å². The third kappa shape index (κ3) is 2.85. The van der Waals surface area contributed by atoms with Crippen LogP contribution in [0.25, 0.3) is 10.1 Å². The van der Waals surface area contributed by atoms with Crippen molar-refractivity contribution in [3.8, 4) is 0 Å². The van der Waals surface area contributed by atoms with E-state index in [0.717, 1.165) is 12.1 Å². The zero-order valence-corrected chi connectivity index (χ0v) is 13.0. The van der Waals surface area contributed by atoms with Crippen molar-refractivity contribution >= 4 is 21.4 Å². The van der Waals surface area contributed by atoms with Gasteiger partial charge in [0, 0.05) is 9.58 Å². The second-order valence-electron chi connectivity index (χ2n) is 5.19. The lowest BCUT2D eigenvalue weighted by atomic mass is 10.0. The topological polar surface area (TPSA) is 12.0 Å². The number of hydrogen-bond acceptors (Lipinski definition) is 2. The van der Waals surface area contributed by atoms with Crippen LogP contribution in [0.1, 0.15) is 29.0 Å². The zero-order chi connectivity index (χ0) is 14.8. The van der Waals surface area contributed by atoms with Gasteiger partial charge in [-0.3, -0.25) is 0 Å². The SMILES string of the molecule is CCNC(c1ccc(C)c(F)c1)c1cc2ccccc2s1. The first kappa shape index (κ1) is 14.2. The molecule has 0 bridgehead atoms. The van der Waals surface area contributed by atoms with Crippen LogP contribution in [-0.4, -0.2) is 6.54 Å².